The molecule has 5 nitrogen and oxygen atoms in total. The highest BCUT2D eigenvalue weighted by Crippen LogP contribution is 2.23. The van der Waals surface area contributed by atoms with Crippen LogP contribution in [-0.2, 0) is 6.54 Å². The van der Waals surface area contributed by atoms with Crippen LogP contribution in [0.5, 0.6) is 0 Å². The molecule has 1 aromatic heterocycles. The molecule has 0 aliphatic heterocycles. The number of amides is 2. The molecule has 0 saturated heterocycles. The number of nitrogens with one attached hydrogen (secondary N) is 2. The van der Waals surface area contributed by atoms with Crippen molar-refractivity contribution in [1.29, 1.82) is 0 Å². The van der Waals surface area contributed by atoms with Gasteiger partial charge in [-0.3, -0.25) is 0 Å². The van der Waals surface area contributed by atoms with Crippen LogP contribution in [0.4, 0.5) is 10.5 Å². The van der Waals surface area contributed by atoms with Crippen LogP contribution in [0, 0.1) is 0 Å². The van der Waals surface area contributed by atoms with Gasteiger partial charge < -0.3 is 15.7 Å². The smallest absolute Gasteiger partial charge is 0.336 e. The molecule has 3 N–H and O–H groups in total. The summed E-state index contributed by atoms with van der Waals surface area (Å²) in [6, 6.07) is 6.11. The first-order chi connectivity index (χ1) is 9.97. The number of hydrogen-bond acceptors (Lipinski definition) is 3. The summed E-state index contributed by atoms with van der Waals surface area (Å²) in [5.74, 6) is -1.06. The van der Waals surface area contributed by atoms with E-state index in [1.807, 2.05) is 11.4 Å². The van der Waals surface area contributed by atoms with Gasteiger partial charge in [-0.25, -0.2) is 9.59 Å². The first kappa shape index (κ1) is 16.0. The molecule has 1 heterocycles. The molecule has 0 bridgehead atoms. The Morgan fingerprint density at radius 3 is 2.57 bits per heavy atom. The summed E-state index contributed by atoms with van der Waals surface area (Å²) in [5, 5.41) is 16.3. The van der Waals surface area contributed by atoms with Crippen molar-refractivity contribution in [1.82, 2.24) is 5.32 Å². The van der Waals surface area contributed by atoms with Crippen LogP contribution in [0.1, 0.15) is 15.2 Å². The van der Waals surface area contributed by atoms with Crippen molar-refractivity contribution in [2.45, 2.75) is 6.54 Å². The van der Waals surface area contributed by atoms with Crippen molar-refractivity contribution in [3.63, 3.8) is 0 Å². The molecule has 0 unspecified atom stereocenters. The fourth-order valence-electron chi connectivity index (χ4n) is 1.55. The number of carbonyl (C=O) groups is 2. The Bertz CT molecular complexity index is 688. The lowest BCUT2D eigenvalue weighted by atomic mass is 10.2. The second-order valence-electron chi connectivity index (χ2n) is 4.00. The molecule has 0 aliphatic carbocycles. The van der Waals surface area contributed by atoms with E-state index >= 15 is 0 Å². The SMILES string of the molecule is O=C(NCc1sccc1Br)Nc1ccc(Br)c(C(=O)O)c1. The van der Waals surface area contributed by atoms with Gasteiger partial charge in [0, 0.05) is 19.5 Å². The van der Waals surface area contributed by atoms with Gasteiger partial charge in [-0.2, -0.15) is 0 Å². The van der Waals surface area contributed by atoms with E-state index in [0.29, 0.717) is 16.7 Å². The third kappa shape index (κ3) is 4.29. The van der Waals surface area contributed by atoms with E-state index in [-0.39, 0.29) is 5.56 Å². The third-order valence-electron chi connectivity index (χ3n) is 2.56. The fourth-order valence-corrected chi connectivity index (χ4v) is 3.40. The van der Waals surface area contributed by atoms with Crippen LogP contribution in [0.2, 0.25) is 0 Å². The number of halogens is 2. The molecule has 21 heavy (non-hydrogen) atoms. The lowest BCUT2D eigenvalue weighted by molar-refractivity contribution is 0.0696. The largest absolute Gasteiger partial charge is 0.478 e. The fraction of sp³-hybridized carbons (Fsp3) is 0.0769. The summed E-state index contributed by atoms with van der Waals surface area (Å²) < 4.78 is 1.41. The molecule has 1 aromatic carbocycles. The van der Waals surface area contributed by atoms with E-state index in [9.17, 15) is 9.59 Å². The monoisotopic (exact) mass is 432 g/mol. The Hall–Kier alpha value is -1.38. The molecule has 2 rings (SSSR count). The zero-order valence-corrected chi connectivity index (χ0v) is 14.5. The molecule has 0 radical (unpaired) electrons. The minimum atomic E-state index is -1.06. The maximum atomic E-state index is 11.8. The number of carboxylic acids is 1. The quantitative estimate of drug-likeness (QED) is 0.672. The van der Waals surface area contributed by atoms with E-state index in [0.717, 1.165) is 9.35 Å². The first-order valence-corrected chi connectivity index (χ1v) is 8.23. The summed E-state index contributed by atoms with van der Waals surface area (Å²) in [6.07, 6.45) is 0. The van der Waals surface area contributed by atoms with Crippen LogP contribution >= 0.6 is 43.2 Å². The predicted octanol–water partition coefficient (Wildman–Crippen LogP) is 4.29. The van der Waals surface area contributed by atoms with Crippen LogP contribution in [0.25, 0.3) is 0 Å². The molecule has 0 saturated carbocycles. The molecule has 0 spiro atoms. The Morgan fingerprint density at radius 2 is 1.95 bits per heavy atom. The van der Waals surface area contributed by atoms with Crippen molar-refractivity contribution in [2.24, 2.45) is 0 Å². The number of aromatic carboxylic acids is 1. The van der Waals surface area contributed by atoms with Crippen LogP contribution in [0.3, 0.4) is 0 Å². The molecule has 0 fully saturated rings. The van der Waals surface area contributed by atoms with Crippen molar-refractivity contribution < 1.29 is 14.7 Å². The maximum absolute atomic E-state index is 11.8. The molecular weight excluding hydrogens is 424 g/mol. The number of hydrogen-bond donors (Lipinski definition) is 3. The minimum Gasteiger partial charge on any atom is -0.478 e. The van der Waals surface area contributed by atoms with E-state index in [2.05, 4.69) is 42.5 Å². The molecule has 2 aromatic rings. The van der Waals surface area contributed by atoms with Gasteiger partial charge in [0.1, 0.15) is 0 Å². The average Bonchev–Trinajstić information content (AvgIpc) is 2.84. The average molecular weight is 434 g/mol. The second-order valence-corrected chi connectivity index (χ2v) is 6.71. The summed E-state index contributed by atoms with van der Waals surface area (Å²) in [5.41, 5.74) is 0.507. The highest BCUT2D eigenvalue weighted by atomic mass is 79.9. The Balaban J connectivity index is 1.98. The third-order valence-corrected chi connectivity index (χ3v) is 5.17. The highest BCUT2D eigenvalue weighted by molar-refractivity contribution is 9.10. The zero-order valence-electron chi connectivity index (χ0n) is 10.5. The summed E-state index contributed by atoms with van der Waals surface area (Å²) in [6.45, 7) is 0.395. The first-order valence-electron chi connectivity index (χ1n) is 5.77. The summed E-state index contributed by atoms with van der Waals surface area (Å²) in [4.78, 5) is 23.8. The van der Waals surface area contributed by atoms with Gasteiger partial charge in [0.05, 0.1) is 12.1 Å². The van der Waals surface area contributed by atoms with Crippen molar-refractivity contribution in [2.75, 3.05) is 5.32 Å². The van der Waals surface area contributed by atoms with E-state index in [1.54, 1.807) is 12.1 Å². The van der Waals surface area contributed by atoms with Gasteiger partial charge in [-0.15, -0.1) is 11.3 Å². The van der Waals surface area contributed by atoms with Gasteiger partial charge >= 0.3 is 12.0 Å². The molecule has 2 amide bonds. The number of urea groups is 1. The van der Waals surface area contributed by atoms with Crippen molar-refractivity contribution >= 4 is 60.9 Å². The second kappa shape index (κ2) is 7.06. The van der Waals surface area contributed by atoms with Gasteiger partial charge in [-0.05, 0) is 61.5 Å². The Morgan fingerprint density at radius 1 is 1.19 bits per heavy atom. The minimum absolute atomic E-state index is 0.0915. The Kier molecular flexibility index (Phi) is 5.38. The van der Waals surface area contributed by atoms with Gasteiger partial charge in [-0.1, -0.05) is 0 Å². The predicted molar refractivity (Wildman–Crippen MR) is 89.0 cm³/mol. The molecule has 0 atom stereocenters. The number of carboxylic acid groups (broad SMARTS) is 1. The van der Waals surface area contributed by atoms with E-state index < -0.39 is 12.0 Å². The summed E-state index contributed by atoms with van der Waals surface area (Å²) >= 11 is 8.07. The number of anilines is 1. The maximum Gasteiger partial charge on any atom is 0.336 e. The van der Waals surface area contributed by atoms with Gasteiger partial charge in [0.15, 0.2) is 0 Å². The van der Waals surface area contributed by atoms with Crippen LogP contribution in [0.15, 0.2) is 38.6 Å². The number of thiophene rings is 1. The lowest BCUT2D eigenvalue weighted by Gasteiger charge is -2.08. The number of carbonyl (C=O) groups excluding carboxylic acids is 1. The topological polar surface area (TPSA) is 78.4 Å². The van der Waals surface area contributed by atoms with E-state index in [4.69, 9.17) is 5.11 Å². The number of rotatable bonds is 4. The molecular formula is C13H10Br2N2O3S. The van der Waals surface area contributed by atoms with Crippen molar-refractivity contribution in [3.05, 3.63) is 49.0 Å². The summed E-state index contributed by atoms with van der Waals surface area (Å²) in [7, 11) is 0. The highest BCUT2D eigenvalue weighted by Gasteiger charge is 2.11. The van der Waals surface area contributed by atoms with Crippen molar-refractivity contribution in [3.8, 4) is 0 Å². The van der Waals surface area contributed by atoms with Gasteiger partial charge in [0.2, 0.25) is 0 Å². The Labute approximate surface area is 141 Å². The molecule has 110 valence electrons. The van der Waals surface area contributed by atoms with Gasteiger partial charge in [0.25, 0.3) is 0 Å². The normalized spacial score (nSPS) is 10.2. The van der Waals surface area contributed by atoms with Crippen LogP contribution in [-0.4, -0.2) is 17.1 Å². The number of benzene rings is 1. The van der Waals surface area contributed by atoms with Crippen LogP contribution < -0.4 is 10.6 Å². The molecule has 8 heteroatoms. The zero-order chi connectivity index (χ0) is 15.4. The standard InChI is InChI=1S/C13H10Br2N2O3S/c14-9-2-1-7(5-8(9)12(18)19)17-13(20)16-6-11-10(15)3-4-21-11/h1-5H,6H2,(H,18,19)(H2,16,17,20). The van der Waals surface area contributed by atoms with E-state index in [1.165, 1.54) is 17.4 Å². The molecule has 0 aliphatic rings. The lowest BCUT2D eigenvalue weighted by Crippen LogP contribution is -2.28.